The van der Waals surface area contributed by atoms with Crippen LogP contribution in [0, 0.1) is 13.8 Å². The molecule has 1 rings (SSSR count). The van der Waals surface area contributed by atoms with Gasteiger partial charge in [0.2, 0.25) is 0 Å². The van der Waals surface area contributed by atoms with Gasteiger partial charge in [-0.1, -0.05) is 0 Å². The largest absolute Gasteiger partial charge is 0.369 e. The smallest absolute Gasteiger partial charge is 0.144 e. The molecule has 0 aliphatic heterocycles. The van der Waals surface area contributed by atoms with Crippen LogP contribution in [0.3, 0.4) is 0 Å². The number of hydrogen-bond donors (Lipinski definition) is 1. The van der Waals surface area contributed by atoms with E-state index in [4.69, 9.17) is 11.6 Å². The van der Waals surface area contributed by atoms with Gasteiger partial charge >= 0.3 is 0 Å². The maximum atomic E-state index is 5.57. The van der Waals surface area contributed by atoms with Crippen molar-refractivity contribution in [1.82, 2.24) is 9.97 Å². The van der Waals surface area contributed by atoms with E-state index in [-0.39, 0.29) is 0 Å². The fourth-order valence-electron chi connectivity index (χ4n) is 1.06. The summed E-state index contributed by atoms with van der Waals surface area (Å²) in [5.41, 5.74) is 1.96. The number of hydrogen-bond acceptors (Lipinski definition) is 3. The molecule has 78 valence electrons. The lowest BCUT2D eigenvalue weighted by Crippen LogP contribution is -2.05. The number of aryl methyl sites for hydroxylation is 2. The first kappa shape index (κ1) is 11.2. The number of nitrogens with one attached hydrogen (secondary N) is 1. The molecule has 0 aromatic carbocycles. The Labute approximate surface area is 89.9 Å². The van der Waals surface area contributed by atoms with E-state index in [1.165, 1.54) is 0 Å². The van der Waals surface area contributed by atoms with Gasteiger partial charge in [0.15, 0.2) is 0 Å². The third-order valence-electron chi connectivity index (χ3n) is 2.06. The predicted molar refractivity (Wildman–Crippen MR) is 59.9 cm³/mol. The monoisotopic (exact) mass is 213 g/mol. The summed E-state index contributed by atoms with van der Waals surface area (Å²) in [6.45, 7) is 4.83. The molecule has 4 heteroatoms. The fraction of sp³-hybridized carbons (Fsp3) is 0.600. The SMILES string of the molecule is Cc1ncc(NCCCCCl)nc1C. The van der Waals surface area contributed by atoms with Gasteiger partial charge in [-0.3, -0.25) is 4.98 Å². The van der Waals surface area contributed by atoms with Crippen LogP contribution in [-0.4, -0.2) is 22.4 Å². The molecule has 0 fully saturated rings. The van der Waals surface area contributed by atoms with E-state index in [0.29, 0.717) is 0 Å². The van der Waals surface area contributed by atoms with Gasteiger partial charge in [-0.05, 0) is 26.7 Å². The van der Waals surface area contributed by atoms with Crippen LogP contribution in [0.25, 0.3) is 0 Å². The molecule has 0 amide bonds. The Kier molecular flexibility index (Phi) is 4.66. The zero-order chi connectivity index (χ0) is 10.4. The molecule has 0 saturated carbocycles. The quantitative estimate of drug-likeness (QED) is 0.604. The molecular formula is C10H16ClN3. The molecule has 1 aromatic heterocycles. The van der Waals surface area contributed by atoms with Crippen LogP contribution in [0.2, 0.25) is 0 Å². The lowest BCUT2D eigenvalue weighted by Gasteiger charge is -2.05. The molecule has 1 aromatic rings. The average molecular weight is 214 g/mol. The average Bonchev–Trinajstić information content (AvgIpc) is 2.18. The summed E-state index contributed by atoms with van der Waals surface area (Å²) in [6, 6.07) is 0. The Morgan fingerprint density at radius 1 is 1.29 bits per heavy atom. The van der Waals surface area contributed by atoms with Crippen LogP contribution in [0.15, 0.2) is 6.20 Å². The van der Waals surface area contributed by atoms with Crippen LogP contribution < -0.4 is 5.32 Å². The highest BCUT2D eigenvalue weighted by Crippen LogP contribution is 2.05. The van der Waals surface area contributed by atoms with Gasteiger partial charge < -0.3 is 5.32 Å². The van der Waals surface area contributed by atoms with E-state index < -0.39 is 0 Å². The Bertz CT molecular complexity index is 289. The topological polar surface area (TPSA) is 37.8 Å². The van der Waals surface area contributed by atoms with E-state index in [1.807, 2.05) is 13.8 Å². The Hall–Kier alpha value is -0.830. The number of anilines is 1. The number of rotatable bonds is 5. The van der Waals surface area contributed by atoms with Crippen molar-refractivity contribution in [3.63, 3.8) is 0 Å². The van der Waals surface area contributed by atoms with Crippen LogP contribution in [-0.2, 0) is 0 Å². The molecule has 0 spiro atoms. The summed E-state index contributed by atoms with van der Waals surface area (Å²) in [7, 11) is 0. The highest BCUT2D eigenvalue weighted by Gasteiger charge is 1.97. The Balaban J connectivity index is 2.39. The van der Waals surface area contributed by atoms with Gasteiger partial charge in [0.05, 0.1) is 17.6 Å². The Morgan fingerprint density at radius 3 is 2.71 bits per heavy atom. The van der Waals surface area contributed by atoms with Crippen molar-refractivity contribution >= 4 is 17.4 Å². The molecule has 0 bridgehead atoms. The standard InChI is InChI=1S/C10H16ClN3/c1-8-9(2)14-10(7-13-8)12-6-4-3-5-11/h7H,3-6H2,1-2H3,(H,12,14). The number of aromatic nitrogens is 2. The van der Waals surface area contributed by atoms with Crippen molar-refractivity contribution in [1.29, 1.82) is 0 Å². The minimum atomic E-state index is 0.723. The number of halogens is 1. The van der Waals surface area contributed by atoms with Gasteiger partial charge in [-0.15, -0.1) is 11.6 Å². The minimum absolute atomic E-state index is 0.723. The normalized spacial score (nSPS) is 10.2. The number of unbranched alkanes of at least 4 members (excludes halogenated alkanes) is 1. The second-order valence-corrected chi connectivity index (χ2v) is 3.63. The third-order valence-corrected chi connectivity index (χ3v) is 2.33. The second kappa shape index (κ2) is 5.81. The first-order valence-corrected chi connectivity index (χ1v) is 5.37. The first-order valence-electron chi connectivity index (χ1n) is 4.84. The van der Waals surface area contributed by atoms with Crippen LogP contribution in [0.4, 0.5) is 5.82 Å². The second-order valence-electron chi connectivity index (χ2n) is 3.25. The minimum Gasteiger partial charge on any atom is -0.369 e. The highest BCUT2D eigenvalue weighted by atomic mass is 35.5. The Morgan fingerprint density at radius 2 is 2.07 bits per heavy atom. The molecule has 0 unspecified atom stereocenters. The lowest BCUT2D eigenvalue weighted by atomic mass is 10.3. The van der Waals surface area contributed by atoms with Crippen molar-refractivity contribution in [3.05, 3.63) is 17.6 Å². The summed E-state index contributed by atoms with van der Waals surface area (Å²) in [5, 5.41) is 3.22. The molecule has 0 radical (unpaired) electrons. The molecule has 14 heavy (non-hydrogen) atoms. The maximum absolute atomic E-state index is 5.57. The zero-order valence-corrected chi connectivity index (χ0v) is 9.43. The molecule has 0 aliphatic rings. The van der Waals surface area contributed by atoms with Crippen LogP contribution in [0.5, 0.6) is 0 Å². The van der Waals surface area contributed by atoms with Gasteiger partial charge in [-0.2, -0.15) is 0 Å². The van der Waals surface area contributed by atoms with E-state index >= 15 is 0 Å². The summed E-state index contributed by atoms with van der Waals surface area (Å²) in [4.78, 5) is 8.59. The number of nitrogens with zero attached hydrogens (tertiary/aromatic N) is 2. The van der Waals surface area contributed by atoms with Gasteiger partial charge in [-0.25, -0.2) is 4.98 Å². The lowest BCUT2D eigenvalue weighted by molar-refractivity contribution is 0.833. The van der Waals surface area contributed by atoms with Gasteiger partial charge in [0, 0.05) is 12.4 Å². The third kappa shape index (κ3) is 3.50. The van der Waals surface area contributed by atoms with Crippen molar-refractivity contribution < 1.29 is 0 Å². The van der Waals surface area contributed by atoms with Crippen molar-refractivity contribution in [2.75, 3.05) is 17.7 Å². The summed E-state index contributed by atoms with van der Waals surface area (Å²) in [6.07, 6.45) is 3.87. The van der Waals surface area contributed by atoms with E-state index in [0.717, 1.165) is 42.5 Å². The summed E-state index contributed by atoms with van der Waals surface area (Å²) < 4.78 is 0. The molecule has 0 saturated heterocycles. The van der Waals surface area contributed by atoms with E-state index in [2.05, 4.69) is 15.3 Å². The highest BCUT2D eigenvalue weighted by molar-refractivity contribution is 6.17. The molecule has 0 aliphatic carbocycles. The van der Waals surface area contributed by atoms with E-state index in [9.17, 15) is 0 Å². The predicted octanol–water partition coefficient (Wildman–Crippen LogP) is 2.52. The zero-order valence-electron chi connectivity index (χ0n) is 8.68. The maximum Gasteiger partial charge on any atom is 0.144 e. The number of alkyl halides is 1. The molecule has 1 heterocycles. The molecule has 3 nitrogen and oxygen atoms in total. The summed E-state index contributed by atoms with van der Waals surface area (Å²) >= 11 is 5.57. The van der Waals surface area contributed by atoms with Crippen LogP contribution >= 0.6 is 11.6 Å². The molecular weight excluding hydrogens is 198 g/mol. The van der Waals surface area contributed by atoms with Crippen molar-refractivity contribution in [2.24, 2.45) is 0 Å². The molecule has 1 N–H and O–H groups in total. The van der Waals surface area contributed by atoms with Gasteiger partial charge in [0.1, 0.15) is 5.82 Å². The van der Waals surface area contributed by atoms with Crippen molar-refractivity contribution in [2.45, 2.75) is 26.7 Å². The first-order chi connectivity index (χ1) is 6.74. The van der Waals surface area contributed by atoms with Gasteiger partial charge in [0.25, 0.3) is 0 Å². The summed E-state index contributed by atoms with van der Waals surface area (Å²) in [5.74, 6) is 1.57. The van der Waals surface area contributed by atoms with Crippen LogP contribution in [0.1, 0.15) is 24.2 Å². The fourth-order valence-corrected chi connectivity index (χ4v) is 1.25. The molecule has 0 atom stereocenters. The van der Waals surface area contributed by atoms with Crippen molar-refractivity contribution in [3.8, 4) is 0 Å². The van der Waals surface area contributed by atoms with E-state index in [1.54, 1.807) is 6.20 Å².